The molecule has 156 valence electrons. The zero-order chi connectivity index (χ0) is 21.3. The van der Waals surface area contributed by atoms with Gasteiger partial charge in [-0.25, -0.2) is 15.0 Å². The topological polar surface area (TPSA) is 83.0 Å². The summed E-state index contributed by atoms with van der Waals surface area (Å²) >= 11 is 3.54. The van der Waals surface area contributed by atoms with Gasteiger partial charge in [0.15, 0.2) is 0 Å². The van der Waals surface area contributed by atoms with Gasteiger partial charge < -0.3 is 15.5 Å². The lowest BCUT2D eigenvalue weighted by Crippen LogP contribution is -2.35. The Balaban J connectivity index is 1.63. The Kier molecular flexibility index (Phi) is 5.85. The minimum absolute atomic E-state index is 0.00483. The number of carbonyl (C=O) groups is 1. The molecule has 2 aromatic heterocycles. The Bertz CT molecular complexity index is 1090. The summed E-state index contributed by atoms with van der Waals surface area (Å²) in [7, 11) is 0. The van der Waals surface area contributed by atoms with Crippen molar-refractivity contribution in [2.45, 2.75) is 39.3 Å². The van der Waals surface area contributed by atoms with Crippen LogP contribution in [0.2, 0.25) is 0 Å². The first-order chi connectivity index (χ1) is 14.4. The molecule has 1 saturated heterocycles. The molecule has 1 amide bonds. The van der Waals surface area contributed by atoms with E-state index in [0.29, 0.717) is 5.82 Å². The first-order valence-electron chi connectivity index (χ1n) is 10.1. The molecule has 0 bridgehead atoms. The number of rotatable bonds is 5. The second-order valence-electron chi connectivity index (χ2n) is 7.73. The van der Waals surface area contributed by atoms with Gasteiger partial charge in [0.05, 0.1) is 17.8 Å². The number of hydrogen-bond acceptors (Lipinski definition) is 6. The van der Waals surface area contributed by atoms with Gasteiger partial charge in [-0.15, -0.1) is 0 Å². The SMILES string of the molecule is CC(=O)NC1CCN(c2cc3c(N[C@H](C)c4cccc(Br)c4)nc(C)nc3cn2)C1. The highest BCUT2D eigenvalue weighted by molar-refractivity contribution is 9.10. The largest absolute Gasteiger partial charge is 0.363 e. The lowest BCUT2D eigenvalue weighted by atomic mass is 10.1. The van der Waals surface area contributed by atoms with Crippen molar-refractivity contribution in [3.8, 4) is 0 Å². The zero-order valence-electron chi connectivity index (χ0n) is 17.3. The Morgan fingerprint density at radius 1 is 1.30 bits per heavy atom. The van der Waals surface area contributed by atoms with Crippen LogP contribution >= 0.6 is 15.9 Å². The van der Waals surface area contributed by atoms with E-state index in [9.17, 15) is 4.79 Å². The van der Waals surface area contributed by atoms with E-state index in [1.54, 1.807) is 13.1 Å². The molecule has 4 rings (SSSR count). The van der Waals surface area contributed by atoms with E-state index in [4.69, 9.17) is 0 Å². The van der Waals surface area contributed by atoms with Gasteiger partial charge in [-0.05, 0) is 44.0 Å². The molecule has 1 aromatic carbocycles. The van der Waals surface area contributed by atoms with Crippen LogP contribution in [0.3, 0.4) is 0 Å². The van der Waals surface area contributed by atoms with Gasteiger partial charge in [0, 0.05) is 35.9 Å². The molecular formula is C22H25BrN6O. The van der Waals surface area contributed by atoms with Crippen molar-refractivity contribution in [2.75, 3.05) is 23.3 Å². The molecular weight excluding hydrogens is 444 g/mol. The number of nitrogens with one attached hydrogen (secondary N) is 2. The summed E-state index contributed by atoms with van der Waals surface area (Å²) in [5.41, 5.74) is 1.98. The molecule has 3 aromatic rings. The summed E-state index contributed by atoms with van der Waals surface area (Å²) in [6.45, 7) is 7.17. The molecule has 3 heterocycles. The molecule has 1 aliphatic rings. The fourth-order valence-corrected chi connectivity index (χ4v) is 4.28. The van der Waals surface area contributed by atoms with Gasteiger partial charge in [-0.1, -0.05) is 28.1 Å². The molecule has 1 fully saturated rings. The third kappa shape index (κ3) is 4.53. The smallest absolute Gasteiger partial charge is 0.217 e. The van der Waals surface area contributed by atoms with Crippen molar-refractivity contribution >= 4 is 44.4 Å². The van der Waals surface area contributed by atoms with Crippen molar-refractivity contribution in [3.63, 3.8) is 0 Å². The van der Waals surface area contributed by atoms with Crippen LogP contribution in [-0.2, 0) is 4.79 Å². The van der Waals surface area contributed by atoms with Crippen LogP contribution in [-0.4, -0.2) is 40.0 Å². The summed E-state index contributed by atoms with van der Waals surface area (Å²) in [5, 5.41) is 7.48. The first-order valence-corrected chi connectivity index (χ1v) is 10.9. The number of anilines is 2. The summed E-state index contributed by atoms with van der Waals surface area (Å²) < 4.78 is 1.05. The van der Waals surface area contributed by atoms with E-state index in [2.05, 4.69) is 65.5 Å². The number of halogens is 1. The monoisotopic (exact) mass is 468 g/mol. The highest BCUT2D eigenvalue weighted by atomic mass is 79.9. The Labute approximate surface area is 184 Å². The van der Waals surface area contributed by atoms with E-state index < -0.39 is 0 Å². The van der Waals surface area contributed by atoms with Crippen LogP contribution in [0.4, 0.5) is 11.6 Å². The number of carbonyl (C=O) groups excluding carboxylic acids is 1. The summed E-state index contributed by atoms with van der Waals surface area (Å²) in [6.07, 6.45) is 2.72. The Morgan fingerprint density at radius 3 is 2.90 bits per heavy atom. The summed E-state index contributed by atoms with van der Waals surface area (Å²) in [6, 6.07) is 10.5. The van der Waals surface area contributed by atoms with Gasteiger partial charge in [0.1, 0.15) is 17.5 Å². The van der Waals surface area contributed by atoms with Gasteiger partial charge >= 0.3 is 0 Å². The van der Waals surface area contributed by atoms with Crippen molar-refractivity contribution in [1.29, 1.82) is 0 Å². The fourth-order valence-electron chi connectivity index (χ4n) is 3.86. The lowest BCUT2D eigenvalue weighted by Gasteiger charge is -2.20. The van der Waals surface area contributed by atoms with Crippen molar-refractivity contribution < 1.29 is 4.79 Å². The predicted octanol–water partition coefficient (Wildman–Crippen LogP) is 3.98. The van der Waals surface area contributed by atoms with Crippen LogP contribution in [0.25, 0.3) is 10.9 Å². The van der Waals surface area contributed by atoms with Gasteiger partial charge in [0.25, 0.3) is 0 Å². The van der Waals surface area contributed by atoms with Crippen LogP contribution in [0.15, 0.2) is 41.0 Å². The average Bonchev–Trinajstić information content (AvgIpc) is 3.15. The number of nitrogens with zero attached hydrogens (tertiary/aromatic N) is 4. The normalized spacial score (nSPS) is 17.2. The molecule has 1 unspecified atom stereocenters. The molecule has 1 aliphatic heterocycles. The summed E-state index contributed by atoms with van der Waals surface area (Å²) in [4.78, 5) is 27.4. The molecule has 0 spiro atoms. The number of hydrogen-bond donors (Lipinski definition) is 2. The maximum absolute atomic E-state index is 11.4. The third-order valence-corrected chi connectivity index (χ3v) is 5.79. The summed E-state index contributed by atoms with van der Waals surface area (Å²) in [5.74, 6) is 2.38. The second kappa shape index (κ2) is 8.55. The van der Waals surface area contributed by atoms with Crippen LogP contribution in [0, 0.1) is 6.92 Å². The lowest BCUT2D eigenvalue weighted by molar-refractivity contribution is -0.119. The maximum Gasteiger partial charge on any atom is 0.217 e. The fraction of sp³-hybridized carbons (Fsp3) is 0.364. The van der Waals surface area contributed by atoms with E-state index in [1.807, 2.05) is 25.1 Å². The highest BCUT2D eigenvalue weighted by Crippen LogP contribution is 2.29. The number of fused-ring (bicyclic) bond motifs is 1. The quantitative estimate of drug-likeness (QED) is 0.588. The first kappa shape index (κ1) is 20.5. The maximum atomic E-state index is 11.4. The molecule has 7 nitrogen and oxygen atoms in total. The van der Waals surface area contributed by atoms with Crippen LogP contribution in [0.5, 0.6) is 0 Å². The van der Waals surface area contributed by atoms with E-state index in [0.717, 1.165) is 46.5 Å². The molecule has 0 radical (unpaired) electrons. The minimum atomic E-state index is 0.00483. The van der Waals surface area contributed by atoms with Crippen LogP contribution < -0.4 is 15.5 Å². The van der Waals surface area contributed by atoms with Crippen LogP contribution in [0.1, 0.15) is 37.7 Å². The van der Waals surface area contributed by atoms with Gasteiger partial charge in [-0.3, -0.25) is 4.79 Å². The zero-order valence-corrected chi connectivity index (χ0v) is 18.9. The van der Waals surface area contributed by atoms with E-state index >= 15 is 0 Å². The Hall–Kier alpha value is -2.74. The minimum Gasteiger partial charge on any atom is -0.363 e. The molecule has 2 N–H and O–H groups in total. The molecule has 0 aliphatic carbocycles. The second-order valence-corrected chi connectivity index (χ2v) is 8.65. The van der Waals surface area contributed by atoms with Crippen molar-refractivity contribution in [3.05, 3.63) is 52.4 Å². The van der Waals surface area contributed by atoms with Gasteiger partial charge in [0.2, 0.25) is 5.91 Å². The molecule has 8 heteroatoms. The predicted molar refractivity (Wildman–Crippen MR) is 123 cm³/mol. The number of aromatic nitrogens is 3. The molecule has 2 atom stereocenters. The number of pyridine rings is 1. The van der Waals surface area contributed by atoms with Gasteiger partial charge in [-0.2, -0.15) is 0 Å². The van der Waals surface area contributed by atoms with E-state index in [1.165, 1.54) is 5.56 Å². The molecule has 0 saturated carbocycles. The van der Waals surface area contributed by atoms with Crippen molar-refractivity contribution in [1.82, 2.24) is 20.3 Å². The molecule has 30 heavy (non-hydrogen) atoms. The standard InChI is InChI=1S/C22H25BrN6O/c1-13(16-5-4-6-17(23)9-16)25-22-19-10-21(24-11-20(19)26-14(2)27-22)29-8-7-18(12-29)28-15(3)30/h4-6,9-11,13,18H,7-8,12H2,1-3H3,(H,28,30)(H,25,26,27)/t13-,18?/m1/s1. The van der Waals surface area contributed by atoms with Crippen molar-refractivity contribution in [2.24, 2.45) is 0 Å². The number of amides is 1. The average molecular weight is 469 g/mol. The highest BCUT2D eigenvalue weighted by Gasteiger charge is 2.24. The van der Waals surface area contributed by atoms with E-state index in [-0.39, 0.29) is 18.0 Å². The number of aryl methyl sites for hydroxylation is 1. The number of benzene rings is 1. The Morgan fingerprint density at radius 2 is 2.13 bits per heavy atom. The third-order valence-electron chi connectivity index (χ3n) is 5.30.